The Morgan fingerprint density at radius 2 is 2.17 bits per heavy atom. The van der Waals surface area contributed by atoms with Gasteiger partial charge in [0.25, 0.3) is 0 Å². The normalized spacial score (nSPS) is 16.1. The zero-order valence-corrected chi connectivity index (χ0v) is 11.1. The molecule has 1 aromatic rings. The Bertz CT molecular complexity index is 395. The Hall–Kier alpha value is -1.11. The lowest BCUT2D eigenvalue weighted by atomic mass is 9.89. The zero-order valence-electron chi connectivity index (χ0n) is 11.1. The van der Waals surface area contributed by atoms with Gasteiger partial charge < -0.3 is 19.6 Å². The van der Waals surface area contributed by atoms with Crippen molar-refractivity contribution in [3.63, 3.8) is 0 Å². The highest BCUT2D eigenvalue weighted by Crippen LogP contribution is 2.18. The van der Waals surface area contributed by atoms with Crippen molar-refractivity contribution in [3.8, 4) is 0 Å². The van der Waals surface area contributed by atoms with Crippen LogP contribution < -0.4 is 10.4 Å². The van der Waals surface area contributed by atoms with Crippen LogP contribution in [0.2, 0.25) is 0 Å². The van der Waals surface area contributed by atoms with Gasteiger partial charge in [-0.25, -0.2) is 4.98 Å². The van der Waals surface area contributed by atoms with Crippen LogP contribution in [0.5, 0.6) is 0 Å². The molecule has 0 saturated carbocycles. The van der Waals surface area contributed by atoms with E-state index in [0.29, 0.717) is 0 Å². The topological polar surface area (TPSA) is 48.8 Å². The molecule has 2 heterocycles. The molecule has 18 heavy (non-hydrogen) atoms. The van der Waals surface area contributed by atoms with E-state index in [1.54, 1.807) is 6.20 Å². The largest absolute Gasteiger partial charge is 0.449 e. The van der Waals surface area contributed by atoms with Gasteiger partial charge in [-0.1, -0.05) is 6.07 Å². The van der Waals surface area contributed by atoms with E-state index in [-0.39, 0.29) is 7.48 Å². The van der Waals surface area contributed by atoms with Crippen LogP contribution in [0.4, 0.5) is 5.82 Å². The van der Waals surface area contributed by atoms with E-state index in [2.05, 4.69) is 14.8 Å². The minimum Gasteiger partial charge on any atom is -0.449 e. The first-order chi connectivity index (χ1) is 8.70. The second-order valence-electron chi connectivity index (χ2n) is 4.82. The number of nitrogens with zero attached hydrogens (tertiary/aromatic N) is 3. The van der Waals surface area contributed by atoms with E-state index in [1.165, 1.54) is 0 Å². The number of rotatable bonds is 4. The summed E-state index contributed by atoms with van der Waals surface area (Å²) in [6.07, 6.45) is 1.75. The van der Waals surface area contributed by atoms with Crippen molar-refractivity contribution in [1.29, 1.82) is 0 Å². The first-order valence-electron chi connectivity index (χ1n) is 6.27. The summed E-state index contributed by atoms with van der Waals surface area (Å²) in [6.45, 7) is 4.10. The maximum atomic E-state index is 9.21. The van der Waals surface area contributed by atoms with E-state index in [9.17, 15) is 5.02 Å². The third-order valence-electron chi connectivity index (χ3n) is 2.98. The van der Waals surface area contributed by atoms with E-state index in [1.807, 2.05) is 20.2 Å². The van der Waals surface area contributed by atoms with Gasteiger partial charge in [0, 0.05) is 31.4 Å². The minimum atomic E-state index is 0.0385. The predicted molar refractivity (Wildman–Crippen MR) is 73.7 cm³/mol. The average molecular weight is 249 g/mol. The number of hydrogen-bond acceptors (Lipinski definition) is 5. The van der Waals surface area contributed by atoms with E-state index < -0.39 is 0 Å². The molecule has 2 rings (SSSR count). The lowest BCUT2D eigenvalue weighted by Crippen LogP contribution is -2.38. The van der Waals surface area contributed by atoms with Gasteiger partial charge in [-0.2, -0.15) is 0 Å². The zero-order chi connectivity index (χ0) is 13.0. The molecule has 98 valence electrons. The number of morpholine rings is 1. The first-order valence-corrected chi connectivity index (χ1v) is 6.27. The Labute approximate surface area is 109 Å². The fourth-order valence-corrected chi connectivity index (χ4v) is 2.16. The SMILES string of the molecule is CN(C)Cc1cc(BO)cnc1N1CCOCC1. The number of ether oxygens (including phenoxy) is 1. The van der Waals surface area contributed by atoms with Gasteiger partial charge in [-0.05, 0) is 19.6 Å². The van der Waals surface area contributed by atoms with E-state index in [0.717, 1.165) is 49.7 Å². The number of anilines is 1. The molecule has 1 fully saturated rings. The molecule has 0 aliphatic carbocycles. The number of hydrogen-bond donors (Lipinski definition) is 1. The lowest BCUT2D eigenvalue weighted by Gasteiger charge is -2.30. The average Bonchev–Trinajstić information content (AvgIpc) is 2.39. The molecular weight excluding hydrogens is 229 g/mol. The molecule has 0 bridgehead atoms. The Kier molecular flexibility index (Phi) is 4.57. The first kappa shape index (κ1) is 13.3. The minimum absolute atomic E-state index is 0.0385. The quantitative estimate of drug-likeness (QED) is 0.690. The fourth-order valence-electron chi connectivity index (χ4n) is 2.16. The summed E-state index contributed by atoms with van der Waals surface area (Å²) in [5.74, 6) is 1.02. The van der Waals surface area contributed by atoms with Gasteiger partial charge in [-0.3, -0.25) is 0 Å². The van der Waals surface area contributed by atoms with Crippen LogP contribution in [0, 0.1) is 0 Å². The Balaban J connectivity index is 2.25. The standard InChI is InChI=1S/C12H20BN3O2/c1-15(2)9-10-7-11(13-17)8-14-12(10)16-3-5-18-6-4-16/h7-8,13,17H,3-6,9H2,1-2H3. The smallest absolute Gasteiger partial charge is 0.306 e. The van der Waals surface area contributed by atoms with Crippen LogP contribution >= 0.6 is 0 Å². The molecule has 0 radical (unpaired) electrons. The highest BCUT2D eigenvalue weighted by Gasteiger charge is 2.17. The third kappa shape index (κ3) is 3.22. The molecule has 1 aliphatic heterocycles. The summed E-state index contributed by atoms with van der Waals surface area (Å²) < 4.78 is 5.37. The van der Waals surface area contributed by atoms with Gasteiger partial charge in [-0.15, -0.1) is 0 Å². The molecule has 1 N–H and O–H groups in total. The summed E-state index contributed by atoms with van der Waals surface area (Å²) >= 11 is 0. The fraction of sp³-hybridized carbons (Fsp3) is 0.583. The van der Waals surface area contributed by atoms with E-state index >= 15 is 0 Å². The van der Waals surface area contributed by atoms with Crippen molar-refractivity contribution < 1.29 is 9.76 Å². The summed E-state index contributed by atoms with van der Waals surface area (Å²) in [5, 5.41) is 9.21. The van der Waals surface area contributed by atoms with Gasteiger partial charge in [0.2, 0.25) is 0 Å². The molecule has 1 aliphatic rings. The van der Waals surface area contributed by atoms with Gasteiger partial charge in [0.05, 0.1) is 13.2 Å². The van der Waals surface area contributed by atoms with Crippen LogP contribution in [0.3, 0.4) is 0 Å². The maximum Gasteiger partial charge on any atom is 0.306 e. The van der Waals surface area contributed by atoms with Crippen LogP contribution in [0.1, 0.15) is 5.56 Å². The van der Waals surface area contributed by atoms with Crippen molar-refractivity contribution in [2.75, 3.05) is 45.3 Å². The third-order valence-corrected chi connectivity index (χ3v) is 2.98. The summed E-state index contributed by atoms with van der Waals surface area (Å²) in [5.41, 5.74) is 2.03. The maximum absolute atomic E-state index is 9.21. The van der Waals surface area contributed by atoms with E-state index in [4.69, 9.17) is 4.74 Å². The molecule has 1 saturated heterocycles. The van der Waals surface area contributed by atoms with Crippen LogP contribution in [-0.4, -0.2) is 62.8 Å². The summed E-state index contributed by atoms with van der Waals surface area (Å²) in [6, 6.07) is 2.04. The molecule has 5 nitrogen and oxygen atoms in total. The molecule has 0 amide bonds. The number of pyridine rings is 1. The molecular formula is C12H20BN3O2. The monoisotopic (exact) mass is 249 g/mol. The number of aromatic nitrogens is 1. The van der Waals surface area contributed by atoms with Crippen LogP contribution in [-0.2, 0) is 11.3 Å². The Morgan fingerprint density at radius 1 is 1.44 bits per heavy atom. The molecule has 0 aromatic carbocycles. The van der Waals surface area contributed by atoms with Crippen molar-refractivity contribution in [3.05, 3.63) is 17.8 Å². The molecule has 0 spiro atoms. The second kappa shape index (κ2) is 6.18. The highest BCUT2D eigenvalue weighted by atomic mass is 16.5. The molecule has 6 heteroatoms. The van der Waals surface area contributed by atoms with Crippen molar-refractivity contribution in [2.45, 2.75) is 6.54 Å². The molecule has 0 unspecified atom stereocenters. The summed E-state index contributed by atoms with van der Waals surface area (Å²) in [4.78, 5) is 8.88. The highest BCUT2D eigenvalue weighted by molar-refractivity contribution is 6.45. The summed E-state index contributed by atoms with van der Waals surface area (Å²) in [7, 11) is 4.11. The lowest BCUT2D eigenvalue weighted by molar-refractivity contribution is 0.122. The van der Waals surface area contributed by atoms with Crippen molar-refractivity contribution in [2.24, 2.45) is 0 Å². The second-order valence-corrected chi connectivity index (χ2v) is 4.82. The van der Waals surface area contributed by atoms with Gasteiger partial charge in [0.1, 0.15) is 5.82 Å². The molecule has 1 aromatic heterocycles. The predicted octanol–water partition coefficient (Wildman–Crippen LogP) is -1.05. The molecule has 0 atom stereocenters. The Morgan fingerprint density at radius 3 is 2.78 bits per heavy atom. The van der Waals surface area contributed by atoms with Crippen LogP contribution in [0.25, 0.3) is 0 Å². The van der Waals surface area contributed by atoms with Gasteiger partial charge >= 0.3 is 7.48 Å². The van der Waals surface area contributed by atoms with Gasteiger partial charge in [0.15, 0.2) is 0 Å². The van der Waals surface area contributed by atoms with Crippen molar-refractivity contribution >= 4 is 18.8 Å². The van der Waals surface area contributed by atoms with Crippen LogP contribution in [0.15, 0.2) is 12.3 Å². The van der Waals surface area contributed by atoms with Crippen molar-refractivity contribution in [1.82, 2.24) is 9.88 Å².